The van der Waals surface area contributed by atoms with Gasteiger partial charge in [-0.25, -0.2) is 0 Å². The molecule has 0 aliphatic carbocycles. The van der Waals surface area contributed by atoms with E-state index in [0.29, 0.717) is 0 Å². The molecule has 20 heavy (non-hydrogen) atoms. The Balaban J connectivity index is 2.17. The molecule has 0 radical (unpaired) electrons. The van der Waals surface area contributed by atoms with E-state index in [-0.39, 0.29) is 11.3 Å². The van der Waals surface area contributed by atoms with Gasteiger partial charge in [-0.05, 0) is 26.0 Å². The fourth-order valence-electron chi connectivity index (χ4n) is 2.08. The van der Waals surface area contributed by atoms with Crippen LogP contribution in [0.4, 0.5) is 0 Å². The largest absolute Gasteiger partial charge is 0.390 e. The van der Waals surface area contributed by atoms with E-state index in [4.69, 9.17) is 8.92 Å². The summed E-state index contributed by atoms with van der Waals surface area (Å²) in [6, 6.07) is 6.22. The number of rotatable bonds is 3. The molecular weight excluding hydrogens is 284 g/mol. The van der Waals surface area contributed by atoms with Gasteiger partial charge in [-0.3, -0.25) is 4.18 Å². The van der Waals surface area contributed by atoms with Crippen molar-refractivity contribution in [3.8, 4) is 0 Å². The van der Waals surface area contributed by atoms with Gasteiger partial charge in [0.2, 0.25) is 0 Å². The lowest BCUT2D eigenvalue weighted by molar-refractivity contribution is -0.220. The summed E-state index contributed by atoms with van der Waals surface area (Å²) in [7, 11) is -3.98. The molecule has 0 unspecified atom stereocenters. The van der Waals surface area contributed by atoms with E-state index in [1.54, 1.807) is 19.1 Å². The lowest BCUT2D eigenvalue weighted by Crippen LogP contribution is -2.49. The quantitative estimate of drug-likeness (QED) is 0.792. The van der Waals surface area contributed by atoms with Crippen LogP contribution in [-0.4, -0.2) is 43.2 Å². The van der Waals surface area contributed by atoms with Crippen molar-refractivity contribution in [1.82, 2.24) is 0 Å². The molecular formula is C13H18O6S. The molecule has 6 nitrogen and oxygen atoms in total. The van der Waals surface area contributed by atoms with Crippen molar-refractivity contribution < 1.29 is 27.6 Å². The standard InChI is InChI=1S/C13H18O6S/c1-8-3-5-10(6-4-8)20(16,17)19-13-9(2)18-12(15)7-11(13)14/h3-6,9,11-15H,7H2,1-2H3/t9-,11-,12+,13-/m1/s1. The summed E-state index contributed by atoms with van der Waals surface area (Å²) < 4.78 is 34.4. The van der Waals surface area contributed by atoms with Gasteiger partial charge in [0, 0.05) is 6.42 Å². The van der Waals surface area contributed by atoms with Gasteiger partial charge in [-0.2, -0.15) is 8.42 Å². The van der Waals surface area contributed by atoms with E-state index < -0.39 is 34.7 Å². The Morgan fingerprint density at radius 2 is 1.85 bits per heavy atom. The summed E-state index contributed by atoms with van der Waals surface area (Å²) in [5.41, 5.74) is 0.932. The van der Waals surface area contributed by atoms with E-state index in [1.165, 1.54) is 12.1 Å². The first kappa shape index (κ1) is 15.4. The van der Waals surface area contributed by atoms with Gasteiger partial charge in [0.1, 0.15) is 6.10 Å². The van der Waals surface area contributed by atoms with Crippen LogP contribution in [0.3, 0.4) is 0 Å². The Morgan fingerprint density at radius 1 is 1.25 bits per heavy atom. The molecule has 1 aliphatic rings. The molecule has 1 heterocycles. The minimum atomic E-state index is -3.98. The van der Waals surface area contributed by atoms with Gasteiger partial charge in [-0.15, -0.1) is 0 Å². The predicted octanol–water partition coefficient (Wildman–Crippen LogP) is 0.557. The summed E-state index contributed by atoms with van der Waals surface area (Å²) >= 11 is 0. The van der Waals surface area contributed by atoms with Crippen molar-refractivity contribution in [3.63, 3.8) is 0 Å². The molecule has 2 N–H and O–H groups in total. The minimum Gasteiger partial charge on any atom is -0.390 e. The SMILES string of the molecule is Cc1ccc(S(=O)(=O)O[C@H]2[C@H](O)C[C@@H](O)O[C@@H]2C)cc1. The normalized spacial score (nSPS) is 31.2. The van der Waals surface area contributed by atoms with Crippen molar-refractivity contribution in [1.29, 1.82) is 0 Å². The molecule has 1 aliphatic heterocycles. The summed E-state index contributed by atoms with van der Waals surface area (Å²) in [6.07, 6.45) is -4.06. The van der Waals surface area contributed by atoms with Gasteiger partial charge in [0.15, 0.2) is 6.29 Å². The highest BCUT2D eigenvalue weighted by atomic mass is 32.2. The summed E-state index contributed by atoms with van der Waals surface area (Å²) in [4.78, 5) is 0.0219. The first-order valence-corrected chi connectivity index (χ1v) is 7.72. The van der Waals surface area contributed by atoms with Crippen molar-refractivity contribution in [2.45, 2.75) is 49.8 Å². The summed E-state index contributed by atoms with van der Waals surface area (Å²) in [5, 5.41) is 19.2. The first-order valence-electron chi connectivity index (χ1n) is 6.31. The van der Waals surface area contributed by atoms with Gasteiger partial charge in [-0.1, -0.05) is 17.7 Å². The molecule has 0 amide bonds. The minimum absolute atomic E-state index is 0.0219. The number of ether oxygens (including phenoxy) is 1. The number of aliphatic hydroxyl groups is 2. The Labute approximate surface area is 118 Å². The Hall–Kier alpha value is -0.990. The van der Waals surface area contributed by atoms with Crippen LogP contribution in [0.1, 0.15) is 18.9 Å². The fraction of sp³-hybridized carbons (Fsp3) is 0.538. The van der Waals surface area contributed by atoms with Crippen LogP contribution in [-0.2, 0) is 19.0 Å². The molecule has 0 aromatic heterocycles. The van der Waals surface area contributed by atoms with Crippen LogP contribution in [0.25, 0.3) is 0 Å². The maximum absolute atomic E-state index is 12.1. The fourth-order valence-corrected chi connectivity index (χ4v) is 3.24. The van der Waals surface area contributed by atoms with E-state index in [9.17, 15) is 18.6 Å². The molecule has 1 fully saturated rings. The zero-order valence-corrected chi connectivity index (χ0v) is 12.1. The number of aryl methyl sites for hydroxylation is 1. The highest BCUT2D eigenvalue weighted by Gasteiger charge is 2.38. The maximum atomic E-state index is 12.1. The molecule has 4 atom stereocenters. The van der Waals surface area contributed by atoms with E-state index in [2.05, 4.69) is 0 Å². The van der Waals surface area contributed by atoms with Crippen LogP contribution < -0.4 is 0 Å². The predicted molar refractivity (Wildman–Crippen MR) is 70.4 cm³/mol. The monoisotopic (exact) mass is 302 g/mol. The van der Waals surface area contributed by atoms with E-state index in [0.717, 1.165) is 5.56 Å². The number of hydrogen-bond acceptors (Lipinski definition) is 6. The summed E-state index contributed by atoms with van der Waals surface area (Å²) in [5.74, 6) is 0. The van der Waals surface area contributed by atoms with Gasteiger partial charge in [0.25, 0.3) is 10.1 Å². The molecule has 1 aromatic carbocycles. The Kier molecular flexibility index (Phi) is 4.46. The molecule has 1 aromatic rings. The van der Waals surface area contributed by atoms with Gasteiger partial charge >= 0.3 is 0 Å². The smallest absolute Gasteiger partial charge is 0.297 e. The van der Waals surface area contributed by atoms with Gasteiger partial charge < -0.3 is 14.9 Å². The molecule has 0 saturated carbocycles. The third-order valence-corrected chi connectivity index (χ3v) is 4.53. The van der Waals surface area contributed by atoms with Crippen LogP contribution in [0.5, 0.6) is 0 Å². The molecule has 1 saturated heterocycles. The van der Waals surface area contributed by atoms with Crippen molar-refractivity contribution in [2.75, 3.05) is 0 Å². The van der Waals surface area contributed by atoms with Crippen LogP contribution in [0.2, 0.25) is 0 Å². The molecule has 2 rings (SSSR count). The highest BCUT2D eigenvalue weighted by Crippen LogP contribution is 2.25. The highest BCUT2D eigenvalue weighted by molar-refractivity contribution is 7.86. The summed E-state index contributed by atoms with van der Waals surface area (Å²) in [6.45, 7) is 3.39. The lowest BCUT2D eigenvalue weighted by atomic mass is 10.0. The lowest BCUT2D eigenvalue weighted by Gasteiger charge is -2.35. The van der Waals surface area contributed by atoms with E-state index in [1.807, 2.05) is 6.92 Å². The van der Waals surface area contributed by atoms with Crippen LogP contribution >= 0.6 is 0 Å². The van der Waals surface area contributed by atoms with Crippen LogP contribution in [0, 0.1) is 6.92 Å². The van der Waals surface area contributed by atoms with Crippen LogP contribution in [0.15, 0.2) is 29.2 Å². The average molecular weight is 302 g/mol. The molecule has 112 valence electrons. The average Bonchev–Trinajstić information content (AvgIpc) is 2.34. The zero-order valence-electron chi connectivity index (χ0n) is 11.3. The Morgan fingerprint density at radius 3 is 2.40 bits per heavy atom. The van der Waals surface area contributed by atoms with Crippen molar-refractivity contribution in [3.05, 3.63) is 29.8 Å². The third-order valence-electron chi connectivity index (χ3n) is 3.20. The van der Waals surface area contributed by atoms with E-state index >= 15 is 0 Å². The second-order valence-electron chi connectivity index (χ2n) is 4.93. The van der Waals surface area contributed by atoms with Gasteiger partial charge in [0.05, 0.1) is 17.1 Å². The van der Waals surface area contributed by atoms with Crippen molar-refractivity contribution in [2.24, 2.45) is 0 Å². The number of aliphatic hydroxyl groups excluding tert-OH is 2. The number of hydrogen-bond donors (Lipinski definition) is 2. The molecule has 0 bridgehead atoms. The molecule has 7 heteroatoms. The topological polar surface area (TPSA) is 93.1 Å². The van der Waals surface area contributed by atoms with Crippen molar-refractivity contribution >= 4 is 10.1 Å². The zero-order chi connectivity index (χ0) is 14.9. The number of benzene rings is 1. The third kappa shape index (κ3) is 3.36. The Bertz CT molecular complexity index is 541. The second kappa shape index (κ2) is 5.79. The first-order chi connectivity index (χ1) is 9.29. The molecule has 0 spiro atoms. The maximum Gasteiger partial charge on any atom is 0.297 e. The second-order valence-corrected chi connectivity index (χ2v) is 6.50.